The van der Waals surface area contributed by atoms with Crippen molar-refractivity contribution in [1.82, 2.24) is 5.32 Å². The normalized spacial score (nSPS) is 26.3. The van der Waals surface area contributed by atoms with Crippen molar-refractivity contribution in [3.8, 4) is 5.75 Å². The van der Waals surface area contributed by atoms with Crippen molar-refractivity contribution in [3.63, 3.8) is 0 Å². The van der Waals surface area contributed by atoms with E-state index in [1.807, 2.05) is 6.07 Å². The van der Waals surface area contributed by atoms with Crippen molar-refractivity contribution in [2.75, 3.05) is 13.7 Å². The van der Waals surface area contributed by atoms with Gasteiger partial charge < -0.3 is 14.8 Å². The fraction of sp³-hybridized carbons (Fsp3) is 0.625. The predicted octanol–water partition coefficient (Wildman–Crippen LogP) is 2.95. The zero-order valence-electron chi connectivity index (χ0n) is 12.3. The first-order valence-electron chi connectivity index (χ1n) is 7.18. The minimum absolute atomic E-state index is 0.155. The maximum atomic E-state index is 6.06. The molecule has 1 aromatic carbocycles. The first-order valence-corrected chi connectivity index (χ1v) is 7.18. The maximum Gasteiger partial charge on any atom is 0.128 e. The molecule has 1 aliphatic rings. The van der Waals surface area contributed by atoms with Crippen molar-refractivity contribution < 1.29 is 9.47 Å². The molecule has 0 bridgehead atoms. The lowest BCUT2D eigenvalue weighted by molar-refractivity contribution is -0.0884. The molecule has 3 unspecified atom stereocenters. The number of hydrogen-bond donors (Lipinski definition) is 1. The summed E-state index contributed by atoms with van der Waals surface area (Å²) in [7, 11) is 1.76. The summed E-state index contributed by atoms with van der Waals surface area (Å²) in [6.07, 6.45) is 1.33. The third-order valence-electron chi connectivity index (χ3n) is 3.80. The molecule has 106 valence electrons. The largest absolute Gasteiger partial charge is 0.488 e. The second-order valence-corrected chi connectivity index (χ2v) is 5.48. The van der Waals surface area contributed by atoms with Crippen molar-refractivity contribution in [1.29, 1.82) is 0 Å². The fourth-order valence-electron chi connectivity index (χ4n) is 2.60. The Morgan fingerprint density at radius 2 is 2.16 bits per heavy atom. The lowest BCUT2D eigenvalue weighted by Gasteiger charge is -2.43. The van der Waals surface area contributed by atoms with Gasteiger partial charge in [-0.05, 0) is 30.2 Å². The summed E-state index contributed by atoms with van der Waals surface area (Å²) in [5.41, 5.74) is 1.31. The molecular formula is C16H25NO2. The van der Waals surface area contributed by atoms with Crippen LogP contribution in [0.5, 0.6) is 5.75 Å². The summed E-state index contributed by atoms with van der Waals surface area (Å²) >= 11 is 0. The van der Waals surface area contributed by atoms with E-state index in [0.29, 0.717) is 12.0 Å². The van der Waals surface area contributed by atoms with E-state index in [1.54, 1.807) is 7.11 Å². The van der Waals surface area contributed by atoms with Gasteiger partial charge in [-0.1, -0.05) is 32.9 Å². The van der Waals surface area contributed by atoms with Crippen LogP contribution in [0.2, 0.25) is 0 Å². The first kappa shape index (κ1) is 14.4. The number of methoxy groups -OCH3 is 1. The van der Waals surface area contributed by atoms with Crippen LogP contribution in [-0.4, -0.2) is 31.9 Å². The molecule has 0 heterocycles. The Labute approximate surface area is 116 Å². The number of likely N-dealkylation sites (N-methyl/N-ethyl adjacent to an activating group) is 1. The Morgan fingerprint density at radius 1 is 1.37 bits per heavy atom. The second-order valence-electron chi connectivity index (χ2n) is 5.48. The van der Waals surface area contributed by atoms with Gasteiger partial charge in [0.05, 0.1) is 0 Å². The molecule has 19 heavy (non-hydrogen) atoms. The van der Waals surface area contributed by atoms with Crippen LogP contribution >= 0.6 is 0 Å². The minimum atomic E-state index is 0.155. The first-order chi connectivity index (χ1) is 9.15. The third-order valence-corrected chi connectivity index (χ3v) is 3.80. The second kappa shape index (κ2) is 6.40. The molecule has 1 N–H and O–H groups in total. The summed E-state index contributed by atoms with van der Waals surface area (Å²) < 4.78 is 11.6. The molecular weight excluding hydrogens is 238 g/mol. The number of hydrogen-bond acceptors (Lipinski definition) is 3. The van der Waals surface area contributed by atoms with E-state index in [-0.39, 0.29) is 12.2 Å². The van der Waals surface area contributed by atoms with Crippen molar-refractivity contribution >= 4 is 0 Å². The standard InChI is InChI=1S/C16H25NO2/c1-5-17-14-10-15(16(14)18-4)19-13-8-6-7-12(9-13)11(2)3/h6-9,11,14-17H,5,10H2,1-4H3. The molecule has 1 aliphatic carbocycles. The highest BCUT2D eigenvalue weighted by atomic mass is 16.5. The van der Waals surface area contributed by atoms with Gasteiger partial charge in [-0.3, -0.25) is 0 Å². The SMILES string of the molecule is CCNC1CC(Oc2cccc(C(C)C)c2)C1OC. The fourth-order valence-corrected chi connectivity index (χ4v) is 2.60. The monoisotopic (exact) mass is 263 g/mol. The number of ether oxygens (including phenoxy) is 2. The molecule has 2 rings (SSSR count). The van der Waals surface area contributed by atoms with Crippen LogP contribution in [0.25, 0.3) is 0 Å². The van der Waals surface area contributed by atoms with Crippen molar-refractivity contribution in [2.24, 2.45) is 0 Å². The summed E-state index contributed by atoms with van der Waals surface area (Å²) in [6.45, 7) is 7.48. The summed E-state index contributed by atoms with van der Waals surface area (Å²) in [4.78, 5) is 0. The summed E-state index contributed by atoms with van der Waals surface area (Å²) in [6, 6.07) is 8.80. The lowest BCUT2D eigenvalue weighted by Crippen LogP contribution is -2.60. The van der Waals surface area contributed by atoms with E-state index in [0.717, 1.165) is 18.7 Å². The average Bonchev–Trinajstić information content (AvgIpc) is 2.38. The number of nitrogens with one attached hydrogen (secondary N) is 1. The van der Waals surface area contributed by atoms with Crippen molar-refractivity contribution in [3.05, 3.63) is 29.8 Å². The van der Waals surface area contributed by atoms with Crippen LogP contribution in [0, 0.1) is 0 Å². The summed E-state index contributed by atoms with van der Waals surface area (Å²) in [5.74, 6) is 1.48. The van der Waals surface area contributed by atoms with Gasteiger partial charge >= 0.3 is 0 Å². The van der Waals surface area contributed by atoms with Gasteiger partial charge in [0.25, 0.3) is 0 Å². The Hall–Kier alpha value is -1.06. The van der Waals surface area contributed by atoms with Gasteiger partial charge in [0.2, 0.25) is 0 Å². The van der Waals surface area contributed by atoms with Crippen LogP contribution < -0.4 is 10.1 Å². The van der Waals surface area contributed by atoms with Gasteiger partial charge in [0.15, 0.2) is 0 Å². The zero-order valence-corrected chi connectivity index (χ0v) is 12.3. The molecule has 3 heteroatoms. The Bertz CT molecular complexity index is 405. The molecule has 0 radical (unpaired) electrons. The van der Waals surface area contributed by atoms with Crippen LogP contribution in [0.15, 0.2) is 24.3 Å². The quantitative estimate of drug-likeness (QED) is 0.856. The van der Waals surface area contributed by atoms with E-state index in [2.05, 4.69) is 44.3 Å². The van der Waals surface area contributed by atoms with E-state index in [1.165, 1.54) is 5.56 Å². The van der Waals surface area contributed by atoms with Crippen LogP contribution in [-0.2, 0) is 4.74 Å². The van der Waals surface area contributed by atoms with E-state index >= 15 is 0 Å². The van der Waals surface area contributed by atoms with Gasteiger partial charge in [-0.15, -0.1) is 0 Å². The Kier molecular flexibility index (Phi) is 4.83. The smallest absolute Gasteiger partial charge is 0.128 e. The predicted molar refractivity (Wildman–Crippen MR) is 77.8 cm³/mol. The number of benzene rings is 1. The average molecular weight is 263 g/mol. The zero-order chi connectivity index (χ0) is 13.8. The Balaban J connectivity index is 1.96. The molecule has 0 amide bonds. The highest BCUT2D eigenvalue weighted by Gasteiger charge is 2.42. The highest BCUT2D eigenvalue weighted by Crippen LogP contribution is 2.30. The van der Waals surface area contributed by atoms with E-state index in [4.69, 9.17) is 9.47 Å². The third kappa shape index (κ3) is 3.28. The molecule has 3 atom stereocenters. The van der Waals surface area contributed by atoms with Gasteiger partial charge in [-0.25, -0.2) is 0 Å². The van der Waals surface area contributed by atoms with Crippen LogP contribution in [0.3, 0.4) is 0 Å². The molecule has 1 saturated carbocycles. The highest BCUT2D eigenvalue weighted by molar-refractivity contribution is 5.30. The van der Waals surface area contributed by atoms with Gasteiger partial charge in [-0.2, -0.15) is 0 Å². The van der Waals surface area contributed by atoms with E-state index < -0.39 is 0 Å². The number of rotatable bonds is 6. The molecule has 0 spiro atoms. The van der Waals surface area contributed by atoms with Gasteiger partial charge in [0.1, 0.15) is 18.0 Å². The molecule has 3 nitrogen and oxygen atoms in total. The summed E-state index contributed by atoms with van der Waals surface area (Å²) in [5, 5.41) is 3.42. The van der Waals surface area contributed by atoms with Gasteiger partial charge in [0, 0.05) is 19.6 Å². The lowest BCUT2D eigenvalue weighted by atomic mass is 9.85. The maximum absolute atomic E-state index is 6.06. The van der Waals surface area contributed by atoms with E-state index in [9.17, 15) is 0 Å². The Morgan fingerprint density at radius 3 is 2.79 bits per heavy atom. The van der Waals surface area contributed by atoms with Crippen molar-refractivity contribution in [2.45, 2.75) is 51.4 Å². The van der Waals surface area contributed by atoms with Crippen LogP contribution in [0.1, 0.15) is 38.7 Å². The topological polar surface area (TPSA) is 30.5 Å². The minimum Gasteiger partial charge on any atom is -0.488 e. The molecule has 0 aromatic heterocycles. The molecule has 0 saturated heterocycles. The van der Waals surface area contributed by atoms with Crippen LogP contribution in [0.4, 0.5) is 0 Å². The molecule has 0 aliphatic heterocycles. The molecule has 1 aromatic rings. The molecule has 1 fully saturated rings.